The van der Waals surface area contributed by atoms with Crippen LogP contribution in [0, 0.1) is 0 Å². The van der Waals surface area contributed by atoms with Gasteiger partial charge in [0.25, 0.3) is 11.5 Å². The van der Waals surface area contributed by atoms with Crippen LogP contribution in [0.25, 0.3) is 5.69 Å². The number of nitrogens with zero attached hydrogens (tertiary/aromatic N) is 2. The van der Waals surface area contributed by atoms with Gasteiger partial charge in [0, 0.05) is 27.6 Å². The average Bonchev–Trinajstić information content (AvgIpc) is 2.77. The summed E-state index contributed by atoms with van der Waals surface area (Å²) < 4.78 is 1.90. The van der Waals surface area contributed by atoms with Gasteiger partial charge in [-0.05, 0) is 60.7 Å². The second kappa shape index (κ2) is 8.85. The molecule has 31 heavy (non-hydrogen) atoms. The quantitative estimate of drug-likeness (QED) is 0.388. The molecule has 0 fully saturated rings. The first-order valence-corrected chi connectivity index (χ1v) is 10.1. The Kier molecular flexibility index (Phi) is 5.81. The predicted octanol–water partition coefficient (Wildman–Crippen LogP) is 4.70. The first-order valence-electron chi connectivity index (χ1n) is 9.32. The van der Waals surface area contributed by atoms with Crippen molar-refractivity contribution in [2.75, 3.05) is 10.6 Å². The standard InChI is InChI=1S/C23H17BrN4O3/c24-15-6-12-19(13-7-15)28-21(30)14-20(29)22(27-28)23(31)26-18-10-8-17(9-11-18)25-16-4-2-1-3-5-16/h1-14,25,29H,(H,26,31). The number of hydrogen-bond donors (Lipinski definition) is 3. The van der Waals surface area contributed by atoms with Gasteiger partial charge in [0.05, 0.1) is 5.69 Å². The molecule has 1 heterocycles. The fraction of sp³-hybridized carbons (Fsp3) is 0. The minimum atomic E-state index is -0.632. The summed E-state index contributed by atoms with van der Waals surface area (Å²) in [5.41, 5.74) is 1.99. The number of carbonyl (C=O) groups is 1. The summed E-state index contributed by atoms with van der Waals surface area (Å²) in [5.74, 6) is -1.12. The van der Waals surface area contributed by atoms with Crippen LogP contribution in [0.4, 0.5) is 17.1 Å². The third kappa shape index (κ3) is 4.81. The number of nitrogens with one attached hydrogen (secondary N) is 2. The largest absolute Gasteiger partial charge is 0.505 e. The molecule has 3 aromatic carbocycles. The van der Waals surface area contributed by atoms with Crippen molar-refractivity contribution >= 4 is 38.9 Å². The van der Waals surface area contributed by atoms with Gasteiger partial charge < -0.3 is 15.7 Å². The van der Waals surface area contributed by atoms with E-state index in [2.05, 4.69) is 31.7 Å². The number of benzene rings is 3. The molecule has 4 aromatic rings. The maximum atomic E-state index is 12.7. The van der Waals surface area contributed by atoms with Crippen LogP contribution in [-0.2, 0) is 0 Å². The highest BCUT2D eigenvalue weighted by Crippen LogP contribution is 2.20. The smallest absolute Gasteiger partial charge is 0.279 e. The minimum Gasteiger partial charge on any atom is -0.505 e. The Balaban J connectivity index is 1.53. The van der Waals surface area contributed by atoms with Crippen LogP contribution in [0.1, 0.15) is 10.5 Å². The van der Waals surface area contributed by atoms with Crippen LogP contribution >= 0.6 is 15.9 Å². The van der Waals surface area contributed by atoms with Crippen molar-refractivity contribution < 1.29 is 9.90 Å². The second-order valence-electron chi connectivity index (χ2n) is 6.63. The number of carbonyl (C=O) groups excluding carboxylic acids is 1. The van der Waals surface area contributed by atoms with Gasteiger partial charge in [-0.25, -0.2) is 0 Å². The fourth-order valence-corrected chi connectivity index (χ4v) is 3.16. The van der Waals surface area contributed by atoms with Crippen LogP contribution in [0.2, 0.25) is 0 Å². The number of para-hydroxylation sites is 1. The lowest BCUT2D eigenvalue weighted by Gasteiger charge is -2.11. The van der Waals surface area contributed by atoms with E-state index in [1.807, 2.05) is 42.5 Å². The van der Waals surface area contributed by atoms with Crippen molar-refractivity contribution in [1.29, 1.82) is 0 Å². The number of anilines is 3. The molecule has 8 heteroatoms. The second-order valence-corrected chi connectivity index (χ2v) is 7.54. The lowest BCUT2D eigenvalue weighted by atomic mass is 10.2. The van der Waals surface area contributed by atoms with Crippen LogP contribution in [0.15, 0.2) is 94.2 Å². The van der Waals surface area contributed by atoms with Gasteiger partial charge in [0.1, 0.15) is 0 Å². The van der Waals surface area contributed by atoms with E-state index in [-0.39, 0.29) is 5.69 Å². The van der Waals surface area contributed by atoms with E-state index >= 15 is 0 Å². The number of halogens is 1. The number of aromatic nitrogens is 2. The highest BCUT2D eigenvalue weighted by Gasteiger charge is 2.17. The molecule has 0 atom stereocenters. The average molecular weight is 477 g/mol. The number of aromatic hydroxyl groups is 1. The molecule has 154 valence electrons. The van der Waals surface area contributed by atoms with Gasteiger partial charge in [-0.3, -0.25) is 9.59 Å². The summed E-state index contributed by atoms with van der Waals surface area (Å²) in [6.45, 7) is 0. The maximum absolute atomic E-state index is 12.7. The van der Waals surface area contributed by atoms with Crippen molar-refractivity contribution in [2.45, 2.75) is 0 Å². The zero-order chi connectivity index (χ0) is 21.8. The number of amides is 1. The molecule has 0 aliphatic rings. The first kappa shape index (κ1) is 20.4. The molecule has 4 rings (SSSR count). The topological polar surface area (TPSA) is 96.3 Å². The molecule has 0 spiro atoms. The molecule has 7 nitrogen and oxygen atoms in total. The molecule has 0 aliphatic carbocycles. The molecule has 0 saturated carbocycles. The van der Waals surface area contributed by atoms with E-state index in [0.29, 0.717) is 11.4 Å². The molecule has 3 N–H and O–H groups in total. The van der Waals surface area contributed by atoms with Crippen LogP contribution in [-0.4, -0.2) is 20.8 Å². The van der Waals surface area contributed by atoms with Gasteiger partial charge in [0.2, 0.25) is 0 Å². The zero-order valence-corrected chi connectivity index (χ0v) is 17.7. The maximum Gasteiger partial charge on any atom is 0.279 e. The van der Waals surface area contributed by atoms with E-state index in [1.165, 1.54) is 0 Å². The predicted molar refractivity (Wildman–Crippen MR) is 123 cm³/mol. The number of rotatable bonds is 5. The van der Waals surface area contributed by atoms with Gasteiger partial charge in [0.15, 0.2) is 11.4 Å². The Morgan fingerprint density at radius 3 is 2.16 bits per heavy atom. The van der Waals surface area contributed by atoms with Crippen LogP contribution in [0.3, 0.4) is 0 Å². The van der Waals surface area contributed by atoms with Crippen molar-refractivity contribution in [3.63, 3.8) is 0 Å². The molecule has 0 unspecified atom stereocenters. The van der Waals surface area contributed by atoms with Gasteiger partial charge in [-0.2, -0.15) is 9.78 Å². The lowest BCUT2D eigenvalue weighted by Crippen LogP contribution is -2.25. The third-order valence-corrected chi connectivity index (χ3v) is 4.93. The molecule has 0 radical (unpaired) electrons. The van der Waals surface area contributed by atoms with Crippen LogP contribution < -0.4 is 16.2 Å². The van der Waals surface area contributed by atoms with Crippen molar-refractivity contribution in [3.8, 4) is 11.4 Å². The summed E-state index contributed by atoms with van der Waals surface area (Å²) >= 11 is 3.33. The zero-order valence-electron chi connectivity index (χ0n) is 16.1. The molecular formula is C23H17BrN4O3. The molecule has 0 saturated heterocycles. The molecule has 1 aromatic heterocycles. The summed E-state index contributed by atoms with van der Waals surface area (Å²) in [6.07, 6.45) is 0. The Morgan fingerprint density at radius 1 is 0.871 bits per heavy atom. The molecular weight excluding hydrogens is 460 g/mol. The van der Waals surface area contributed by atoms with E-state index < -0.39 is 17.2 Å². The molecule has 0 aliphatic heterocycles. The van der Waals surface area contributed by atoms with E-state index in [4.69, 9.17) is 0 Å². The summed E-state index contributed by atoms with van der Waals surface area (Å²) in [7, 11) is 0. The molecule has 0 bridgehead atoms. The van der Waals surface area contributed by atoms with Gasteiger partial charge >= 0.3 is 0 Å². The summed E-state index contributed by atoms with van der Waals surface area (Å²) in [4.78, 5) is 24.9. The van der Waals surface area contributed by atoms with Gasteiger partial charge in [-0.1, -0.05) is 34.1 Å². The summed E-state index contributed by atoms with van der Waals surface area (Å²) in [5, 5.41) is 20.1. The van der Waals surface area contributed by atoms with Crippen molar-refractivity contribution in [2.24, 2.45) is 0 Å². The van der Waals surface area contributed by atoms with Crippen LogP contribution in [0.5, 0.6) is 5.75 Å². The monoisotopic (exact) mass is 476 g/mol. The number of hydrogen-bond acceptors (Lipinski definition) is 5. The van der Waals surface area contributed by atoms with Crippen molar-refractivity contribution in [3.05, 3.63) is 105 Å². The Bertz CT molecular complexity index is 1270. The SMILES string of the molecule is O=C(Nc1ccc(Nc2ccccc2)cc1)c1nn(-c2ccc(Br)cc2)c(=O)cc1O. The Hall–Kier alpha value is -3.91. The highest BCUT2D eigenvalue weighted by molar-refractivity contribution is 9.10. The fourth-order valence-electron chi connectivity index (χ4n) is 2.89. The van der Waals surface area contributed by atoms with E-state index in [0.717, 1.165) is 26.6 Å². The van der Waals surface area contributed by atoms with Crippen molar-refractivity contribution in [1.82, 2.24) is 9.78 Å². The summed E-state index contributed by atoms with van der Waals surface area (Å²) in [6, 6.07) is 24.6. The van der Waals surface area contributed by atoms with E-state index in [1.54, 1.807) is 36.4 Å². The first-order chi connectivity index (χ1) is 15.0. The lowest BCUT2D eigenvalue weighted by molar-refractivity contribution is 0.101. The Labute approximate surface area is 186 Å². The Morgan fingerprint density at radius 2 is 1.48 bits per heavy atom. The minimum absolute atomic E-state index is 0.256. The third-order valence-electron chi connectivity index (χ3n) is 4.40. The van der Waals surface area contributed by atoms with Gasteiger partial charge in [-0.15, -0.1) is 0 Å². The highest BCUT2D eigenvalue weighted by atomic mass is 79.9. The molecule has 1 amide bonds. The van der Waals surface area contributed by atoms with E-state index in [9.17, 15) is 14.7 Å². The normalized spacial score (nSPS) is 10.5.